The molecule has 2 heteroatoms. The summed E-state index contributed by atoms with van der Waals surface area (Å²) in [6, 6.07) is 0. The van der Waals surface area contributed by atoms with Crippen LogP contribution in [0.15, 0.2) is 0 Å². The van der Waals surface area contributed by atoms with Gasteiger partial charge in [-0.3, -0.25) is 0 Å². The van der Waals surface area contributed by atoms with Crippen LogP contribution in [0.25, 0.3) is 0 Å². The molecule has 0 spiro atoms. The molecule has 0 unspecified atom stereocenters. The zero-order chi connectivity index (χ0) is 6.83. The third-order valence-electron chi connectivity index (χ3n) is 0.642. The van der Waals surface area contributed by atoms with Crippen LogP contribution in [0.2, 0.25) is 0 Å². The highest BCUT2D eigenvalue weighted by Crippen LogP contribution is 1.52. The smallest absolute Gasteiger partial charge is 0.0433 e. The Bertz CT molecular complexity index is 16.5. The summed E-state index contributed by atoms with van der Waals surface area (Å²) >= 11 is 0. The van der Waals surface area contributed by atoms with Gasteiger partial charge in [-0.05, 0) is 20.5 Å². The number of methoxy groups -OCH3 is 1. The lowest BCUT2D eigenvalue weighted by Crippen LogP contribution is -2.01. The van der Waals surface area contributed by atoms with Crippen molar-refractivity contribution in [1.29, 1.82) is 0 Å². The van der Waals surface area contributed by atoms with E-state index in [4.69, 9.17) is 0 Å². The van der Waals surface area contributed by atoms with Crippen molar-refractivity contribution >= 4 is 0 Å². The predicted octanol–water partition coefficient (Wildman–Crippen LogP) is 0.878. The highest BCUT2D eigenvalue weighted by molar-refractivity contribution is 4.15. The number of rotatable bonds is 2. The van der Waals surface area contributed by atoms with Gasteiger partial charge in [-0.1, -0.05) is 6.92 Å². The van der Waals surface area contributed by atoms with Crippen LogP contribution >= 0.6 is 0 Å². The zero-order valence-corrected chi connectivity index (χ0v) is 6.32. The minimum Gasteiger partial charge on any atom is -0.385 e. The molecule has 1 N–H and O–H groups in total. The highest BCUT2D eigenvalue weighted by atomic mass is 16.5. The van der Waals surface area contributed by atoms with Crippen molar-refractivity contribution in [3.05, 3.63) is 0 Å². The summed E-state index contributed by atoms with van der Waals surface area (Å²) in [5.41, 5.74) is 0. The molecule has 0 aliphatic rings. The SMILES string of the molecule is CCNC.CCOC. The first-order valence-corrected chi connectivity index (χ1v) is 2.96. The maximum absolute atomic E-state index is 4.54. The fraction of sp³-hybridized carbons (Fsp3) is 1.00. The molecule has 52 valence electrons. The van der Waals surface area contributed by atoms with Crippen LogP contribution in [0.4, 0.5) is 0 Å². The van der Waals surface area contributed by atoms with Gasteiger partial charge in [-0.2, -0.15) is 0 Å². The topological polar surface area (TPSA) is 21.3 Å². The van der Waals surface area contributed by atoms with Crippen LogP contribution in [0.3, 0.4) is 0 Å². The zero-order valence-electron chi connectivity index (χ0n) is 6.32. The van der Waals surface area contributed by atoms with Gasteiger partial charge >= 0.3 is 0 Å². The maximum atomic E-state index is 4.54. The lowest BCUT2D eigenvalue weighted by atomic mass is 10.8. The number of hydrogen-bond acceptors (Lipinski definition) is 2. The summed E-state index contributed by atoms with van der Waals surface area (Å²) in [6.45, 7) is 5.92. The predicted molar refractivity (Wildman–Crippen MR) is 37.2 cm³/mol. The Morgan fingerprint density at radius 2 is 1.62 bits per heavy atom. The second-order valence-electron chi connectivity index (χ2n) is 1.28. The molecule has 0 aromatic heterocycles. The van der Waals surface area contributed by atoms with Gasteiger partial charge in [-0.25, -0.2) is 0 Å². The molecule has 0 aliphatic heterocycles. The molecule has 0 aromatic carbocycles. The molecule has 0 saturated heterocycles. The maximum Gasteiger partial charge on any atom is 0.0433 e. The van der Waals surface area contributed by atoms with Crippen LogP contribution in [-0.2, 0) is 4.74 Å². The average molecular weight is 119 g/mol. The second kappa shape index (κ2) is 15.8. The Labute approximate surface area is 52.2 Å². The van der Waals surface area contributed by atoms with Crippen LogP contribution in [0.1, 0.15) is 13.8 Å². The molecular formula is C6H17NO. The van der Waals surface area contributed by atoms with Gasteiger partial charge in [0.1, 0.15) is 0 Å². The highest BCUT2D eigenvalue weighted by Gasteiger charge is 1.51. The summed E-state index contributed by atoms with van der Waals surface area (Å²) in [4.78, 5) is 0. The Balaban J connectivity index is 0. The largest absolute Gasteiger partial charge is 0.385 e. The van der Waals surface area contributed by atoms with Gasteiger partial charge < -0.3 is 10.1 Å². The van der Waals surface area contributed by atoms with Gasteiger partial charge in [0, 0.05) is 13.7 Å². The third-order valence-corrected chi connectivity index (χ3v) is 0.642. The summed E-state index contributed by atoms with van der Waals surface area (Å²) in [5, 5.41) is 2.93. The van der Waals surface area contributed by atoms with E-state index in [1.165, 1.54) is 0 Å². The van der Waals surface area contributed by atoms with E-state index in [0.29, 0.717) is 0 Å². The molecule has 0 radical (unpaired) electrons. The van der Waals surface area contributed by atoms with Crippen LogP contribution in [0.5, 0.6) is 0 Å². The fourth-order valence-corrected chi connectivity index (χ4v) is 0. The minimum atomic E-state index is 0.819. The number of hydrogen-bond donors (Lipinski definition) is 1. The lowest BCUT2D eigenvalue weighted by Gasteiger charge is -1.76. The summed E-state index contributed by atoms with van der Waals surface area (Å²) < 4.78 is 4.54. The normalized spacial score (nSPS) is 7.50. The van der Waals surface area contributed by atoms with E-state index in [-0.39, 0.29) is 0 Å². The van der Waals surface area contributed by atoms with E-state index >= 15 is 0 Å². The van der Waals surface area contributed by atoms with Crippen LogP contribution in [-0.4, -0.2) is 27.3 Å². The van der Waals surface area contributed by atoms with Crippen molar-refractivity contribution in [3.63, 3.8) is 0 Å². The van der Waals surface area contributed by atoms with E-state index in [2.05, 4.69) is 17.0 Å². The lowest BCUT2D eigenvalue weighted by molar-refractivity contribution is 0.215. The quantitative estimate of drug-likeness (QED) is 0.582. The van der Waals surface area contributed by atoms with Gasteiger partial charge in [0.15, 0.2) is 0 Å². The van der Waals surface area contributed by atoms with E-state index in [1.807, 2.05) is 14.0 Å². The van der Waals surface area contributed by atoms with Crippen molar-refractivity contribution in [3.8, 4) is 0 Å². The Morgan fingerprint density at radius 3 is 1.62 bits per heavy atom. The van der Waals surface area contributed by atoms with Crippen LogP contribution < -0.4 is 5.32 Å². The van der Waals surface area contributed by atoms with Crippen molar-refractivity contribution in [2.45, 2.75) is 13.8 Å². The second-order valence-corrected chi connectivity index (χ2v) is 1.28. The van der Waals surface area contributed by atoms with Gasteiger partial charge in [0.25, 0.3) is 0 Å². The van der Waals surface area contributed by atoms with Crippen molar-refractivity contribution in [1.82, 2.24) is 5.32 Å². The van der Waals surface area contributed by atoms with Crippen molar-refractivity contribution in [2.24, 2.45) is 0 Å². The minimum absolute atomic E-state index is 0.819. The Kier molecular flexibility index (Phi) is 21.3. The fourth-order valence-electron chi connectivity index (χ4n) is 0. The molecule has 0 heterocycles. The summed E-state index contributed by atoms with van der Waals surface area (Å²) in [6.07, 6.45) is 0. The van der Waals surface area contributed by atoms with E-state index in [9.17, 15) is 0 Å². The van der Waals surface area contributed by atoms with E-state index in [0.717, 1.165) is 13.2 Å². The number of ether oxygens (including phenoxy) is 1. The van der Waals surface area contributed by atoms with E-state index < -0.39 is 0 Å². The van der Waals surface area contributed by atoms with Gasteiger partial charge in [0.2, 0.25) is 0 Å². The van der Waals surface area contributed by atoms with Crippen molar-refractivity contribution < 1.29 is 4.74 Å². The first-order valence-electron chi connectivity index (χ1n) is 2.96. The molecule has 0 atom stereocenters. The Hall–Kier alpha value is -0.0800. The average Bonchev–Trinajstić information content (AvgIpc) is 1.88. The molecule has 0 aliphatic carbocycles. The standard InChI is InChI=1S/C3H9N.C3H8O/c2*1-3-4-2/h4H,3H2,1-2H3;3H2,1-2H3. The first-order chi connectivity index (χ1) is 3.83. The summed E-state index contributed by atoms with van der Waals surface area (Å²) in [7, 11) is 3.61. The molecule has 0 saturated carbocycles. The van der Waals surface area contributed by atoms with Crippen LogP contribution in [0, 0.1) is 0 Å². The molecule has 0 aromatic rings. The van der Waals surface area contributed by atoms with Gasteiger partial charge in [-0.15, -0.1) is 0 Å². The molecule has 0 fully saturated rings. The molecule has 0 amide bonds. The monoisotopic (exact) mass is 119 g/mol. The number of nitrogens with one attached hydrogen (secondary N) is 1. The molecule has 8 heavy (non-hydrogen) atoms. The molecule has 0 rings (SSSR count). The third kappa shape index (κ3) is 38.9. The summed E-state index contributed by atoms with van der Waals surface area (Å²) in [5.74, 6) is 0. The van der Waals surface area contributed by atoms with Gasteiger partial charge in [0.05, 0.1) is 0 Å². The molecule has 2 nitrogen and oxygen atoms in total. The first kappa shape index (κ1) is 10.8. The van der Waals surface area contributed by atoms with E-state index in [1.54, 1.807) is 7.11 Å². The van der Waals surface area contributed by atoms with Crippen molar-refractivity contribution in [2.75, 3.05) is 27.3 Å². The molecule has 0 bridgehead atoms. The molecular weight excluding hydrogens is 102 g/mol. The Morgan fingerprint density at radius 1 is 1.38 bits per heavy atom.